The van der Waals surface area contributed by atoms with E-state index in [1.165, 1.54) is 87.6 Å². The van der Waals surface area contributed by atoms with Crippen LogP contribution in [0.5, 0.6) is 0 Å². The maximum absolute atomic E-state index is 14.3. The highest BCUT2D eigenvalue weighted by atomic mass is 32.1. The molecule has 4 saturated heterocycles. The van der Waals surface area contributed by atoms with Crippen molar-refractivity contribution in [3.63, 3.8) is 0 Å². The maximum atomic E-state index is 14.3. The SMILES string of the molecule is C=CCOC(=O)[C@@H]1C[C@]2([C@@H](C)Cc3cc(F)c(C)cc3F)OCOC2=CC1=O.C=CC[C@H]1C[C@]2([C@@H](C)Cc3cc(F)c(C)cc3F)OCOC2=CC1=O.C[C@@H](Cc1cc(F)c(S)cc1F)[C@]12CCC(=O)C=C1OCO2.Cc1cc(F)c(C[C@H](C)[C@]23CCC(=O)C=C2OCO3)cc1F.[C-]#[N+]C(=O)OCC=C. The van der Waals surface area contributed by atoms with Crippen LogP contribution in [0, 0.1) is 109 Å². The molecule has 0 spiro atoms. The van der Waals surface area contributed by atoms with Gasteiger partial charge in [-0.05, 0) is 183 Å². The summed E-state index contributed by atoms with van der Waals surface area (Å²) in [5.41, 5.74) is -1.42. The van der Waals surface area contributed by atoms with Crippen molar-refractivity contribution >= 4 is 47.8 Å². The molecule has 0 N–H and O–H groups in total. The first-order chi connectivity index (χ1) is 49.8. The van der Waals surface area contributed by atoms with Crippen molar-refractivity contribution in [2.75, 3.05) is 40.4 Å². The number of hydrogen-bond acceptors (Lipinski definition) is 17. The molecule has 4 aliphatic carbocycles. The molecule has 4 aromatic rings. The van der Waals surface area contributed by atoms with E-state index in [4.69, 9.17) is 49.2 Å². The minimum absolute atomic E-state index is 0.0000215. The molecule has 0 aromatic heterocycles. The van der Waals surface area contributed by atoms with E-state index in [2.05, 4.69) is 41.9 Å². The summed E-state index contributed by atoms with van der Waals surface area (Å²) in [6, 6.07) is 9.46. The number of hydrogen-bond donors (Lipinski definition) is 1. The lowest BCUT2D eigenvalue weighted by atomic mass is 9.71. The Morgan fingerprint density at radius 2 is 0.857 bits per heavy atom. The van der Waals surface area contributed by atoms with Crippen LogP contribution in [0.15, 0.2) is 139 Å². The van der Waals surface area contributed by atoms with Crippen molar-refractivity contribution in [3.05, 3.63) is 231 Å². The summed E-state index contributed by atoms with van der Waals surface area (Å²) >= 11 is 3.87. The largest absolute Gasteiger partial charge is 0.561 e. The van der Waals surface area contributed by atoms with Crippen LogP contribution in [0.4, 0.5) is 39.9 Å². The van der Waals surface area contributed by atoms with Gasteiger partial charge < -0.3 is 47.4 Å². The molecule has 0 radical (unpaired) electrons. The normalized spacial score (nSPS) is 24.1. The second kappa shape index (κ2) is 35.4. The van der Waals surface area contributed by atoms with Gasteiger partial charge in [-0.15, -0.1) is 19.2 Å². The Hall–Kier alpha value is -9.00. The molecule has 4 fully saturated rings. The zero-order chi connectivity index (χ0) is 76.9. The van der Waals surface area contributed by atoms with Crippen LogP contribution in [-0.4, -0.2) is 98.0 Å². The third-order valence-electron chi connectivity index (χ3n) is 20.1. The van der Waals surface area contributed by atoms with Gasteiger partial charge in [0, 0.05) is 54.4 Å². The van der Waals surface area contributed by atoms with Gasteiger partial charge in [-0.2, -0.15) is 4.85 Å². The molecule has 10 atom stereocenters. The molecule has 0 bridgehead atoms. The number of carbonyl (C=O) groups excluding carboxylic acids is 6. The smallest absolute Gasteiger partial charge is 0.482 e. The Morgan fingerprint density at radius 3 is 1.26 bits per heavy atom. The molecule has 26 heteroatoms. The maximum Gasteiger partial charge on any atom is 0.561 e. The van der Waals surface area contributed by atoms with Crippen LogP contribution < -0.4 is 0 Å². The van der Waals surface area contributed by atoms with E-state index in [9.17, 15) is 63.9 Å². The average Bonchev–Trinajstić information content (AvgIpc) is 1.70. The van der Waals surface area contributed by atoms with Gasteiger partial charge in [0.1, 0.15) is 111 Å². The second-order valence-corrected chi connectivity index (χ2v) is 27.4. The predicted molar refractivity (Wildman–Crippen MR) is 369 cm³/mol. The number of halogens is 8. The summed E-state index contributed by atoms with van der Waals surface area (Å²) in [6.45, 7) is 28.9. The highest BCUT2D eigenvalue weighted by Gasteiger charge is 2.56. The molecule has 0 unspecified atom stereocenters. The van der Waals surface area contributed by atoms with E-state index in [0.717, 1.165) is 18.2 Å². The summed E-state index contributed by atoms with van der Waals surface area (Å²) in [7, 11) is 0. The Labute approximate surface area is 609 Å². The molecule has 17 nitrogen and oxygen atoms in total. The van der Waals surface area contributed by atoms with Gasteiger partial charge in [0.2, 0.25) is 0 Å². The molecule has 105 heavy (non-hydrogen) atoms. The second-order valence-electron chi connectivity index (χ2n) is 26.9. The quantitative estimate of drug-likeness (QED) is 0.0232. The molecule has 4 aromatic carbocycles. The molecular weight excluding hydrogens is 1400 g/mol. The fraction of sp³-hybridized carbons (Fsp3) is 0.430. The van der Waals surface area contributed by atoms with E-state index in [1.54, 1.807) is 13.0 Å². The average molecular weight is 1490 g/mol. The zero-order valence-corrected chi connectivity index (χ0v) is 60.1. The molecule has 0 saturated carbocycles. The lowest BCUT2D eigenvalue weighted by Gasteiger charge is -2.38. The Balaban J connectivity index is 0.000000171. The fourth-order valence-corrected chi connectivity index (χ4v) is 14.2. The number of ether oxygens (including phenoxy) is 10. The van der Waals surface area contributed by atoms with E-state index in [1.807, 2.05) is 20.8 Å². The van der Waals surface area contributed by atoms with Crippen LogP contribution in [0.1, 0.15) is 112 Å². The number of esters is 1. The molecule has 8 aliphatic rings. The van der Waals surface area contributed by atoms with Gasteiger partial charge in [-0.1, -0.05) is 59.1 Å². The van der Waals surface area contributed by atoms with Gasteiger partial charge in [0.05, 0.1) is 6.61 Å². The third-order valence-corrected chi connectivity index (χ3v) is 20.4. The van der Waals surface area contributed by atoms with Crippen LogP contribution >= 0.6 is 12.6 Å². The zero-order valence-electron chi connectivity index (χ0n) is 59.2. The highest BCUT2D eigenvalue weighted by molar-refractivity contribution is 7.80. The van der Waals surface area contributed by atoms with E-state index >= 15 is 0 Å². The Morgan fingerprint density at radius 1 is 0.505 bits per heavy atom. The lowest BCUT2D eigenvalue weighted by molar-refractivity contribution is -0.154. The van der Waals surface area contributed by atoms with E-state index in [0.29, 0.717) is 85.5 Å². The van der Waals surface area contributed by atoms with Gasteiger partial charge >= 0.3 is 12.1 Å². The highest BCUT2D eigenvalue weighted by Crippen LogP contribution is 2.50. The topological polar surface area (TPSA) is 199 Å². The predicted octanol–water partition coefficient (Wildman–Crippen LogP) is 15.7. The Kier molecular flexibility index (Phi) is 27.5. The number of ketones is 4. The molecule has 1 amide bonds. The summed E-state index contributed by atoms with van der Waals surface area (Å²) < 4.78 is 166. The van der Waals surface area contributed by atoms with Crippen LogP contribution in [-0.2, 0) is 97.0 Å². The third kappa shape index (κ3) is 18.6. The van der Waals surface area contributed by atoms with Crippen LogP contribution in [0.25, 0.3) is 4.85 Å². The standard InChI is InChI=1S/C21H22F2O5.C20H22F2O3.C17H18F2O3.C16H16F2O3S.C5H5NO2/c1-4-5-26-20(25)15-10-21(19(9-18(15)24)27-11-28-21)13(3)7-14-8-16(22)12(2)6-17(14)23;1-4-5-14-10-20(19(9-18(14)23)24-11-25-20)13(3)7-15-8-16(21)12(2)6-17(15)22;1-10-5-15(19)12(7-14(10)18)6-11(2)17-4-3-13(20)8-16(17)21-9-22-17;1-9(4-10-5-13(18)14(22)7-12(10)17)16-3-2-11(19)6-15(16)20-8-21-16;1-3-4-8-5(7)6-2/h4,6,8-9,13,15H,1,5,7,10-11H2,2-3H3;4,6,8-9,13-14H,1,5,7,10-11H2,2-3H3;5,7-8,11H,3-4,6,9H2,1-2H3;5-7,9,22H,2-4,8H2,1H3;3H,1,4H2/t13-,15+,21+;13-,14-,20+;11-,17+;9-,16+;/m0000./s1. The number of aryl methyl sites for hydroxylation is 3. The van der Waals surface area contributed by atoms with Crippen molar-refractivity contribution in [1.82, 2.24) is 0 Å². The number of allylic oxidation sites excluding steroid dienone is 5. The summed E-state index contributed by atoms with van der Waals surface area (Å²) in [5, 5.41) is 0. The van der Waals surface area contributed by atoms with Crippen LogP contribution in [0.2, 0.25) is 0 Å². The van der Waals surface area contributed by atoms with Crippen molar-refractivity contribution in [1.29, 1.82) is 0 Å². The van der Waals surface area contributed by atoms with Gasteiger partial charge in [0.15, 0.2) is 50.3 Å². The first-order valence-corrected chi connectivity index (χ1v) is 34.4. The number of benzene rings is 4. The summed E-state index contributed by atoms with van der Waals surface area (Å²) in [5.74, 6) is -5.15. The number of carbonyl (C=O) groups is 6. The number of thiol groups is 1. The van der Waals surface area contributed by atoms with Gasteiger partial charge in [-0.25, -0.2) is 35.1 Å². The molecular formula is C79H83F8NO16S. The minimum Gasteiger partial charge on any atom is -0.482 e. The van der Waals surface area contributed by atoms with Crippen molar-refractivity contribution in [2.45, 2.75) is 146 Å². The molecule has 4 aliphatic heterocycles. The van der Waals surface area contributed by atoms with E-state index in [-0.39, 0.29) is 139 Å². The van der Waals surface area contributed by atoms with Crippen molar-refractivity contribution < 1.29 is 111 Å². The molecule has 12 rings (SSSR count). The number of nitrogens with zero attached hydrogens (tertiary/aromatic N) is 1. The first-order valence-electron chi connectivity index (χ1n) is 33.9. The summed E-state index contributed by atoms with van der Waals surface area (Å²) in [4.78, 5) is 72.3. The van der Waals surface area contributed by atoms with Gasteiger partial charge in [-0.3, -0.25) is 28.8 Å². The number of fused-ring (bicyclic) bond motifs is 4. The van der Waals surface area contributed by atoms with Crippen molar-refractivity contribution in [3.8, 4) is 0 Å². The lowest BCUT2D eigenvalue weighted by Crippen LogP contribution is -2.47. The Bertz CT molecular complexity index is 4090. The molecule has 4 heterocycles. The van der Waals surface area contributed by atoms with Crippen LogP contribution in [0.3, 0.4) is 0 Å². The summed E-state index contributed by atoms with van der Waals surface area (Å²) in [6.07, 6.45) is 13.1. The first kappa shape index (κ1) is 81.7. The minimum atomic E-state index is -1.08. The monoisotopic (exact) mass is 1490 g/mol. The van der Waals surface area contributed by atoms with Gasteiger partial charge in [0.25, 0.3) is 0 Å². The number of rotatable bonds is 19. The van der Waals surface area contributed by atoms with E-state index < -0.39 is 92.7 Å². The number of amides is 1. The molecule has 562 valence electrons. The van der Waals surface area contributed by atoms with Crippen molar-refractivity contribution in [2.24, 2.45) is 35.5 Å². The fourth-order valence-electron chi connectivity index (χ4n) is 14.0.